The van der Waals surface area contributed by atoms with Crippen molar-refractivity contribution in [2.24, 2.45) is 5.92 Å². The number of fused-ring (bicyclic) bond motifs is 11. The Morgan fingerprint density at radius 1 is 0.632 bits per heavy atom. The maximum atomic E-state index is 2.51. The highest BCUT2D eigenvalue weighted by Crippen LogP contribution is 2.67. The second-order valence-electron chi connectivity index (χ2n) is 11.1. The Hall–Kier alpha value is -3.73. The minimum atomic E-state index is -0.201. The predicted molar refractivity (Wildman–Crippen MR) is 164 cm³/mol. The standard InChI is InChI=1S/C37H29P/c1-38(2)27-14-9-13-26(21-27)28-17-10-20-34-36(28)31-22-24-11-3-4-12-25(24)23-35(31)37(34)32-18-7-5-15-29(32)30-16-6-8-19-33(30)37/h3-23,34,36H,1-2H3. The molecule has 1 spiro atoms. The summed E-state index contributed by atoms with van der Waals surface area (Å²) in [6, 6.07) is 41.6. The Labute approximate surface area is 226 Å². The highest BCUT2D eigenvalue weighted by atomic mass is 31.1. The number of allylic oxidation sites excluding steroid dienone is 4. The van der Waals surface area contributed by atoms with Crippen LogP contribution in [0.15, 0.2) is 127 Å². The molecule has 0 N–H and O–H groups in total. The normalized spacial score (nSPS) is 19.8. The molecule has 5 aromatic carbocycles. The minimum absolute atomic E-state index is 0.153. The molecular weight excluding hydrogens is 475 g/mol. The van der Waals surface area contributed by atoms with Gasteiger partial charge < -0.3 is 0 Å². The summed E-state index contributed by atoms with van der Waals surface area (Å²) in [5.74, 6) is 0.613. The first-order chi connectivity index (χ1) is 18.7. The SMILES string of the molecule is CP(C)c1cccc(C2=CC=CC3C2c2cc4ccccc4cc2C32c3ccccc3-c3ccccc32)c1. The van der Waals surface area contributed by atoms with E-state index in [-0.39, 0.29) is 13.3 Å². The van der Waals surface area contributed by atoms with Crippen molar-refractivity contribution in [3.05, 3.63) is 155 Å². The van der Waals surface area contributed by atoms with Gasteiger partial charge in [0.25, 0.3) is 0 Å². The van der Waals surface area contributed by atoms with Crippen molar-refractivity contribution in [1.29, 1.82) is 0 Å². The van der Waals surface area contributed by atoms with Crippen LogP contribution in [0.1, 0.15) is 33.7 Å². The van der Waals surface area contributed by atoms with Gasteiger partial charge in [0.1, 0.15) is 0 Å². The van der Waals surface area contributed by atoms with Crippen molar-refractivity contribution in [3.8, 4) is 11.1 Å². The van der Waals surface area contributed by atoms with E-state index < -0.39 is 0 Å². The molecule has 3 aliphatic rings. The zero-order chi connectivity index (χ0) is 25.4. The summed E-state index contributed by atoms with van der Waals surface area (Å²) in [5, 5.41) is 4.12. The van der Waals surface area contributed by atoms with Gasteiger partial charge in [0, 0.05) is 11.8 Å². The largest absolute Gasteiger partial charge is 0.0817 e. The fraction of sp³-hybridized carbons (Fsp3) is 0.135. The Bertz CT molecular complexity index is 1770. The Balaban J connectivity index is 1.47. The van der Waals surface area contributed by atoms with E-state index in [9.17, 15) is 0 Å². The summed E-state index contributed by atoms with van der Waals surface area (Å²) < 4.78 is 0. The number of hydrogen-bond donors (Lipinski definition) is 0. The van der Waals surface area contributed by atoms with Crippen LogP contribution in [0.5, 0.6) is 0 Å². The molecule has 3 aliphatic carbocycles. The van der Waals surface area contributed by atoms with Crippen molar-refractivity contribution in [1.82, 2.24) is 0 Å². The molecule has 0 aromatic heterocycles. The summed E-state index contributed by atoms with van der Waals surface area (Å²) in [7, 11) is -0.153. The first-order valence-corrected chi connectivity index (χ1v) is 15.8. The molecule has 0 saturated carbocycles. The van der Waals surface area contributed by atoms with Gasteiger partial charge in [-0.05, 0) is 86.1 Å². The first-order valence-electron chi connectivity index (χ1n) is 13.6. The van der Waals surface area contributed by atoms with E-state index in [0.717, 1.165) is 0 Å². The molecule has 2 unspecified atom stereocenters. The van der Waals surface area contributed by atoms with Crippen LogP contribution < -0.4 is 5.30 Å². The molecule has 2 atom stereocenters. The highest BCUT2D eigenvalue weighted by molar-refractivity contribution is 7.64. The zero-order valence-electron chi connectivity index (χ0n) is 21.7. The van der Waals surface area contributed by atoms with E-state index in [1.165, 1.54) is 60.6 Å². The molecule has 8 rings (SSSR count). The average Bonchev–Trinajstić information content (AvgIpc) is 3.43. The van der Waals surface area contributed by atoms with Crippen LogP contribution in [-0.4, -0.2) is 13.3 Å². The van der Waals surface area contributed by atoms with E-state index in [2.05, 4.69) is 141 Å². The van der Waals surface area contributed by atoms with E-state index in [0.29, 0.717) is 11.8 Å². The molecule has 0 fully saturated rings. The third-order valence-electron chi connectivity index (χ3n) is 9.16. The summed E-state index contributed by atoms with van der Waals surface area (Å²) in [6.45, 7) is 4.70. The predicted octanol–water partition coefficient (Wildman–Crippen LogP) is 8.89. The molecule has 0 radical (unpaired) electrons. The molecule has 0 heterocycles. The molecule has 0 aliphatic heterocycles. The topological polar surface area (TPSA) is 0 Å². The fourth-order valence-electron chi connectivity index (χ4n) is 7.64. The summed E-state index contributed by atoms with van der Waals surface area (Å²) in [4.78, 5) is 0. The van der Waals surface area contributed by atoms with Crippen LogP contribution >= 0.6 is 7.92 Å². The Morgan fingerprint density at radius 3 is 2.00 bits per heavy atom. The van der Waals surface area contributed by atoms with Crippen LogP contribution in [0.2, 0.25) is 0 Å². The molecule has 38 heavy (non-hydrogen) atoms. The van der Waals surface area contributed by atoms with Crippen LogP contribution in [0, 0.1) is 5.92 Å². The van der Waals surface area contributed by atoms with Crippen molar-refractivity contribution in [2.75, 3.05) is 13.3 Å². The first kappa shape index (κ1) is 22.3. The molecule has 5 aromatic rings. The second-order valence-corrected chi connectivity index (χ2v) is 13.4. The summed E-state index contributed by atoms with van der Waals surface area (Å²) >= 11 is 0. The zero-order valence-corrected chi connectivity index (χ0v) is 22.6. The Morgan fingerprint density at radius 2 is 1.29 bits per heavy atom. The monoisotopic (exact) mass is 504 g/mol. The van der Waals surface area contributed by atoms with Gasteiger partial charge in [0.05, 0.1) is 5.41 Å². The van der Waals surface area contributed by atoms with E-state index in [1.54, 1.807) is 0 Å². The van der Waals surface area contributed by atoms with Crippen LogP contribution in [0.3, 0.4) is 0 Å². The van der Waals surface area contributed by atoms with Crippen molar-refractivity contribution in [2.45, 2.75) is 11.3 Å². The lowest BCUT2D eigenvalue weighted by molar-refractivity contribution is 0.472. The van der Waals surface area contributed by atoms with Crippen molar-refractivity contribution in [3.63, 3.8) is 0 Å². The van der Waals surface area contributed by atoms with Gasteiger partial charge in [0.15, 0.2) is 0 Å². The molecule has 1 heteroatoms. The maximum absolute atomic E-state index is 2.51. The van der Waals surface area contributed by atoms with Crippen molar-refractivity contribution < 1.29 is 0 Å². The molecule has 0 bridgehead atoms. The fourth-order valence-corrected chi connectivity index (χ4v) is 8.42. The molecular formula is C37H29P. The van der Waals surface area contributed by atoms with E-state index >= 15 is 0 Å². The van der Waals surface area contributed by atoms with Crippen LogP contribution in [0.4, 0.5) is 0 Å². The summed E-state index contributed by atoms with van der Waals surface area (Å²) in [5.41, 5.74) is 11.3. The second kappa shape index (κ2) is 8.13. The molecule has 0 amide bonds. The summed E-state index contributed by atoms with van der Waals surface area (Å²) in [6.07, 6.45) is 7.23. The number of rotatable bonds is 2. The maximum Gasteiger partial charge on any atom is 0.0538 e. The molecule has 0 nitrogen and oxygen atoms in total. The van der Waals surface area contributed by atoms with Crippen LogP contribution in [0.25, 0.3) is 27.5 Å². The van der Waals surface area contributed by atoms with Crippen LogP contribution in [-0.2, 0) is 5.41 Å². The van der Waals surface area contributed by atoms with Gasteiger partial charge >= 0.3 is 0 Å². The Kier molecular flexibility index (Phi) is 4.77. The highest BCUT2D eigenvalue weighted by Gasteiger charge is 2.58. The van der Waals surface area contributed by atoms with Gasteiger partial charge in [0.2, 0.25) is 0 Å². The third kappa shape index (κ3) is 2.85. The lowest BCUT2D eigenvalue weighted by Crippen LogP contribution is -2.33. The average molecular weight is 505 g/mol. The lowest BCUT2D eigenvalue weighted by atomic mass is 9.64. The van der Waals surface area contributed by atoms with Gasteiger partial charge in [-0.1, -0.05) is 123 Å². The third-order valence-corrected chi connectivity index (χ3v) is 10.5. The van der Waals surface area contributed by atoms with Gasteiger partial charge in [-0.15, -0.1) is 0 Å². The smallest absolute Gasteiger partial charge is 0.0538 e. The quantitative estimate of drug-likeness (QED) is 0.211. The molecule has 0 saturated heterocycles. The lowest BCUT2D eigenvalue weighted by Gasteiger charge is -2.37. The molecule has 182 valence electrons. The number of benzene rings is 5. The van der Waals surface area contributed by atoms with E-state index in [4.69, 9.17) is 0 Å². The van der Waals surface area contributed by atoms with E-state index in [1.807, 2.05) is 0 Å². The van der Waals surface area contributed by atoms with Gasteiger partial charge in [-0.3, -0.25) is 0 Å². The van der Waals surface area contributed by atoms with Gasteiger partial charge in [-0.2, -0.15) is 0 Å². The van der Waals surface area contributed by atoms with Crippen molar-refractivity contribution >= 4 is 29.6 Å². The number of hydrogen-bond acceptors (Lipinski definition) is 0. The minimum Gasteiger partial charge on any atom is -0.0817 e. The van der Waals surface area contributed by atoms with Gasteiger partial charge in [-0.25, -0.2) is 0 Å².